The Morgan fingerprint density at radius 3 is 2.71 bits per heavy atom. The smallest absolute Gasteiger partial charge is 0.390 e. The Hall–Kier alpha value is -3.29. The number of benzene rings is 1. The summed E-state index contributed by atoms with van der Waals surface area (Å²) in [6.07, 6.45) is 1.42. The number of fused-ring (bicyclic) bond motifs is 1. The van der Waals surface area contributed by atoms with E-state index >= 15 is 0 Å². The lowest BCUT2D eigenvalue weighted by Gasteiger charge is -2.03. The Morgan fingerprint density at radius 1 is 1.24 bits per heavy atom. The summed E-state index contributed by atoms with van der Waals surface area (Å²) in [5.74, 6) is -0.945. The summed E-state index contributed by atoms with van der Waals surface area (Å²) >= 11 is 0. The molecule has 2 heterocycles. The minimum Gasteiger partial charge on any atom is -0.478 e. The minimum atomic E-state index is -1.04. The summed E-state index contributed by atoms with van der Waals surface area (Å²) in [6, 6.07) is 9.18. The van der Waals surface area contributed by atoms with E-state index < -0.39 is 10.9 Å². The molecule has 21 heavy (non-hydrogen) atoms. The van der Waals surface area contributed by atoms with Gasteiger partial charge in [0.1, 0.15) is 0 Å². The third kappa shape index (κ3) is 2.18. The number of hydrogen-bond donors (Lipinski definition) is 1. The van der Waals surface area contributed by atoms with Crippen molar-refractivity contribution >= 4 is 22.7 Å². The zero-order chi connectivity index (χ0) is 15.0. The Balaban J connectivity index is 2.13. The fourth-order valence-electron chi connectivity index (χ4n) is 2.00. The van der Waals surface area contributed by atoms with E-state index in [-0.39, 0.29) is 11.4 Å². The van der Waals surface area contributed by atoms with Gasteiger partial charge in [-0.1, -0.05) is 6.07 Å². The highest BCUT2D eigenvalue weighted by molar-refractivity contribution is 6.02. The van der Waals surface area contributed by atoms with E-state index in [1.165, 1.54) is 23.0 Å². The summed E-state index contributed by atoms with van der Waals surface area (Å²) < 4.78 is 1.27. The third-order valence-electron chi connectivity index (χ3n) is 2.94. The van der Waals surface area contributed by atoms with Crippen LogP contribution in [-0.4, -0.2) is 30.8 Å². The van der Waals surface area contributed by atoms with Crippen molar-refractivity contribution < 1.29 is 14.8 Å². The quantitative estimate of drug-likeness (QED) is 0.581. The number of aromatic nitrogens is 3. The lowest BCUT2D eigenvalue weighted by molar-refractivity contribution is -0.389. The molecule has 1 aromatic carbocycles. The Labute approximate surface area is 117 Å². The molecule has 0 fully saturated rings. The molecular weight excluding hydrogens is 276 g/mol. The predicted octanol–water partition coefficient (Wildman–Crippen LogP) is 2.03. The Bertz CT molecular complexity index is 871. The van der Waals surface area contributed by atoms with Crippen molar-refractivity contribution in [1.29, 1.82) is 0 Å². The molecule has 0 saturated heterocycles. The second kappa shape index (κ2) is 4.67. The first-order valence-electron chi connectivity index (χ1n) is 5.90. The number of rotatable bonds is 3. The Kier molecular flexibility index (Phi) is 2.83. The van der Waals surface area contributed by atoms with E-state index in [1.807, 2.05) is 0 Å². The Morgan fingerprint density at radius 2 is 2.05 bits per heavy atom. The number of nitro groups is 1. The number of aromatic carboxylic acids is 1. The minimum absolute atomic E-state index is 0.151. The van der Waals surface area contributed by atoms with Crippen LogP contribution >= 0.6 is 0 Å². The molecule has 0 aliphatic rings. The van der Waals surface area contributed by atoms with Crippen LogP contribution < -0.4 is 0 Å². The van der Waals surface area contributed by atoms with Gasteiger partial charge in [0.15, 0.2) is 5.82 Å². The molecule has 0 amide bonds. The molecule has 0 saturated carbocycles. The molecule has 104 valence electrons. The van der Waals surface area contributed by atoms with Gasteiger partial charge in [0, 0.05) is 5.39 Å². The van der Waals surface area contributed by atoms with Crippen LogP contribution in [-0.2, 0) is 0 Å². The van der Waals surface area contributed by atoms with Gasteiger partial charge in [-0.3, -0.25) is 0 Å². The van der Waals surface area contributed by atoms with Crippen molar-refractivity contribution in [2.24, 2.45) is 0 Å². The molecule has 0 bridgehead atoms. The van der Waals surface area contributed by atoms with Crippen molar-refractivity contribution in [1.82, 2.24) is 14.8 Å². The molecule has 0 spiro atoms. The number of carboxylic acid groups (broad SMARTS) is 1. The van der Waals surface area contributed by atoms with Gasteiger partial charge in [-0.2, -0.15) is 0 Å². The van der Waals surface area contributed by atoms with E-state index in [2.05, 4.69) is 10.1 Å². The number of hydrogen-bond acceptors (Lipinski definition) is 5. The van der Waals surface area contributed by atoms with Crippen molar-refractivity contribution in [2.45, 2.75) is 0 Å². The molecule has 8 heteroatoms. The second-order valence-electron chi connectivity index (χ2n) is 4.22. The first-order chi connectivity index (χ1) is 10.1. The van der Waals surface area contributed by atoms with E-state index in [4.69, 9.17) is 5.11 Å². The second-order valence-corrected chi connectivity index (χ2v) is 4.22. The molecule has 0 unspecified atom stereocenters. The molecule has 8 nitrogen and oxygen atoms in total. The van der Waals surface area contributed by atoms with E-state index in [1.54, 1.807) is 24.3 Å². The van der Waals surface area contributed by atoms with Gasteiger partial charge in [-0.25, -0.2) is 9.78 Å². The lowest BCUT2D eigenvalue weighted by Crippen LogP contribution is -2.02. The van der Waals surface area contributed by atoms with Gasteiger partial charge in [-0.15, -0.1) is 4.68 Å². The maximum absolute atomic E-state index is 11.1. The topological polar surface area (TPSA) is 111 Å². The number of carboxylic acids is 1. The van der Waals surface area contributed by atoms with Crippen molar-refractivity contribution in [3.8, 4) is 5.82 Å². The van der Waals surface area contributed by atoms with Crippen LogP contribution in [0.2, 0.25) is 0 Å². The average molecular weight is 284 g/mol. The van der Waals surface area contributed by atoms with Gasteiger partial charge < -0.3 is 15.2 Å². The predicted molar refractivity (Wildman–Crippen MR) is 72.5 cm³/mol. The molecule has 0 atom stereocenters. The normalized spacial score (nSPS) is 10.7. The molecule has 2 aromatic heterocycles. The molecule has 3 aromatic rings. The van der Waals surface area contributed by atoms with Crippen LogP contribution in [0.15, 0.2) is 42.6 Å². The van der Waals surface area contributed by atoms with Crippen LogP contribution in [0.4, 0.5) is 5.82 Å². The van der Waals surface area contributed by atoms with E-state index in [0.717, 1.165) is 0 Å². The van der Waals surface area contributed by atoms with Gasteiger partial charge in [-0.05, 0) is 29.2 Å². The molecule has 0 aliphatic heterocycles. The third-order valence-corrected chi connectivity index (χ3v) is 2.94. The number of nitrogens with zero attached hydrogens (tertiary/aromatic N) is 4. The van der Waals surface area contributed by atoms with Crippen LogP contribution in [0, 0.1) is 10.1 Å². The molecule has 0 radical (unpaired) electrons. The fourth-order valence-corrected chi connectivity index (χ4v) is 2.00. The van der Waals surface area contributed by atoms with Crippen LogP contribution in [0.3, 0.4) is 0 Å². The summed E-state index contributed by atoms with van der Waals surface area (Å²) in [4.78, 5) is 25.4. The maximum atomic E-state index is 11.1. The first kappa shape index (κ1) is 12.7. The summed E-state index contributed by atoms with van der Waals surface area (Å²) in [5, 5.41) is 24.0. The average Bonchev–Trinajstić information content (AvgIpc) is 2.96. The van der Waals surface area contributed by atoms with E-state index in [9.17, 15) is 14.9 Å². The number of pyridine rings is 1. The highest BCUT2D eigenvalue weighted by Crippen LogP contribution is 2.19. The van der Waals surface area contributed by atoms with Crippen LogP contribution in [0.5, 0.6) is 0 Å². The zero-order valence-electron chi connectivity index (χ0n) is 10.5. The molecule has 3 rings (SSSR count). The monoisotopic (exact) mass is 284 g/mol. The maximum Gasteiger partial charge on any atom is 0.390 e. The lowest BCUT2D eigenvalue weighted by atomic mass is 10.1. The molecule has 0 aliphatic carbocycles. The molecule has 1 N–H and O–H groups in total. The largest absolute Gasteiger partial charge is 0.478 e. The first-order valence-corrected chi connectivity index (χ1v) is 5.90. The van der Waals surface area contributed by atoms with Gasteiger partial charge in [0.2, 0.25) is 0 Å². The van der Waals surface area contributed by atoms with Crippen LogP contribution in [0.1, 0.15) is 10.4 Å². The standard InChI is InChI=1S/C13H8N4O4/c18-13(19)9-2-1-3-10-8(9)4-5-11(14-10)16-7-6-12(15-16)17(20)21/h1-7H,(H,18,19). The van der Waals surface area contributed by atoms with Crippen LogP contribution in [0.25, 0.3) is 16.7 Å². The number of carbonyl (C=O) groups is 1. The fraction of sp³-hybridized carbons (Fsp3) is 0. The van der Waals surface area contributed by atoms with Crippen molar-refractivity contribution in [3.63, 3.8) is 0 Å². The van der Waals surface area contributed by atoms with Gasteiger partial charge in [0.25, 0.3) is 0 Å². The van der Waals surface area contributed by atoms with Crippen molar-refractivity contribution in [2.75, 3.05) is 0 Å². The highest BCUT2D eigenvalue weighted by atomic mass is 16.6. The summed E-state index contributed by atoms with van der Waals surface area (Å²) in [7, 11) is 0. The summed E-state index contributed by atoms with van der Waals surface area (Å²) in [6.45, 7) is 0. The SMILES string of the molecule is O=C(O)c1cccc2nc(-n3ccc([N+](=O)[O-])n3)ccc12. The van der Waals surface area contributed by atoms with Crippen molar-refractivity contribution in [3.05, 3.63) is 58.3 Å². The van der Waals surface area contributed by atoms with Gasteiger partial charge >= 0.3 is 11.8 Å². The van der Waals surface area contributed by atoms with E-state index in [0.29, 0.717) is 16.7 Å². The summed E-state index contributed by atoms with van der Waals surface area (Å²) in [5.41, 5.74) is 0.628. The zero-order valence-corrected chi connectivity index (χ0v) is 10.5. The highest BCUT2D eigenvalue weighted by Gasteiger charge is 2.14. The molecular formula is C13H8N4O4. The van der Waals surface area contributed by atoms with Gasteiger partial charge in [0.05, 0.1) is 28.4 Å².